The number of halogens is 2. The number of hydrogen-bond acceptors (Lipinski definition) is 6. The lowest BCUT2D eigenvalue weighted by molar-refractivity contribution is 0.0597. The number of nitrogens with two attached hydrogens (primary N) is 1. The van der Waals surface area contributed by atoms with E-state index in [4.69, 9.17) is 43.5 Å². The molecular formula is C30H27Cl2N5O4. The zero-order valence-corrected chi connectivity index (χ0v) is 24.2. The normalized spacial score (nSPS) is 15.4. The van der Waals surface area contributed by atoms with Crippen molar-refractivity contribution in [2.24, 2.45) is 5.73 Å². The molecule has 9 nitrogen and oxygen atoms in total. The van der Waals surface area contributed by atoms with Gasteiger partial charge in [-0.15, -0.1) is 0 Å². The van der Waals surface area contributed by atoms with E-state index >= 15 is 0 Å². The molecule has 11 heteroatoms. The van der Waals surface area contributed by atoms with Crippen LogP contribution in [-0.2, 0) is 17.6 Å². The number of primary amides is 1. The number of hydrogen-bond donors (Lipinski definition) is 1. The second-order valence-corrected chi connectivity index (χ2v) is 11.6. The van der Waals surface area contributed by atoms with Gasteiger partial charge in [0.1, 0.15) is 12.5 Å². The van der Waals surface area contributed by atoms with Gasteiger partial charge in [-0.3, -0.25) is 14.6 Å². The van der Waals surface area contributed by atoms with E-state index in [9.17, 15) is 9.59 Å². The van der Waals surface area contributed by atoms with Gasteiger partial charge in [-0.2, -0.15) is 5.10 Å². The molecule has 0 spiro atoms. The Morgan fingerprint density at radius 1 is 1.02 bits per heavy atom. The molecule has 1 fully saturated rings. The quantitative estimate of drug-likeness (QED) is 0.336. The van der Waals surface area contributed by atoms with Crippen molar-refractivity contribution in [2.45, 2.75) is 32.2 Å². The first-order valence-corrected chi connectivity index (χ1v) is 13.8. The number of carbonyl (C=O) groups excluding carboxylic acids is 2. The molecule has 2 aliphatic rings. The largest absolute Gasteiger partial charge is 0.496 e. The molecule has 1 aliphatic heterocycles. The Morgan fingerprint density at radius 2 is 1.78 bits per heavy atom. The predicted molar refractivity (Wildman–Crippen MR) is 156 cm³/mol. The number of methoxy groups -OCH3 is 1. The number of nitrogens with zero attached hydrogens (tertiary/aromatic N) is 4. The van der Waals surface area contributed by atoms with E-state index in [2.05, 4.69) is 4.98 Å². The zero-order chi connectivity index (χ0) is 29.1. The average molecular weight is 592 g/mol. The molecule has 2 aromatic heterocycles. The molecule has 0 unspecified atom stereocenters. The number of benzene rings is 2. The molecule has 0 atom stereocenters. The maximum atomic E-state index is 14.0. The summed E-state index contributed by atoms with van der Waals surface area (Å²) in [5, 5.41) is 5.77. The van der Waals surface area contributed by atoms with E-state index in [-0.39, 0.29) is 18.2 Å². The van der Waals surface area contributed by atoms with Crippen molar-refractivity contribution in [1.29, 1.82) is 0 Å². The average Bonchev–Trinajstić information content (AvgIpc) is 3.51. The lowest BCUT2D eigenvalue weighted by atomic mass is 9.86. The number of pyridine rings is 1. The third-order valence-corrected chi connectivity index (χ3v) is 8.02. The predicted octanol–water partition coefficient (Wildman–Crippen LogP) is 5.32. The van der Waals surface area contributed by atoms with E-state index in [0.29, 0.717) is 57.8 Å². The monoisotopic (exact) mass is 591 g/mol. The fourth-order valence-electron chi connectivity index (χ4n) is 5.51. The molecular weight excluding hydrogens is 565 g/mol. The van der Waals surface area contributed by atoms with Gasteiger partial charge in [0.05, 0.1) is 36.2 Å². The Labute approximate surface area is 246 Å². The number of aromatic nitrogens is 3. The van der Waals surface area contributed by atoms with Gasteiger partial charge in [0.2, 0.25) is 5.91 Å². The summed E-state index contributed by atoms with van der Waals surface area (Å²) in [6.45, 7) is 4.58. The highest BCUT2D eigenvalue weighted by molar-refractivity contribution is 6.34. The third kappa shape index (κ3) is 4.73. The zero-order valence-electron chi connectivity index (χ0n) is 22.7. The number of carbonyl (C=O) groups is 2. The van der Waals surface area contributed by atoms with Crippen LogP contribution in [-0.4, -0.2) is 57.5 Å². The minimum Gasteiger partial charge on any atom is -0.496 e. The smallest absolute Gasteiger partial charge is 0.277 e. The van der Waals surface area contributed by atoms with E-state index in [1.165, 1.54) is 6.20 Å². The molecule has 0 bridgehead atoms. The lowest BCUT2D eigenvalue weighted by Gasteiger charge is -2.29. The van der Waals surface area contributed by atoms with Gasteiger partial charge in [-0.05, 0) is 68.7 Å². The second kappa shape index (κ2) is 10.2. The summed E-state index contributed by atoms with van der Waals surface area (Å²) in [5.74, 6) is -0.155. The topological polar surface area (TPSA) is 113 Å². The standard InChI is InChI=1S/C30H27Cl2N5O4/c1-30(2)14-41-15-36(30)29(39)26-22-5-4-16-7-25(40-3)23(17-6-18(28(33)38)13-34-12-17)11-24(16)27(22)37(35-26)21-9-19(31)8-20(32)10-21/h6-13H,4-5,14-15H2,1-3H3,(H2,33,38). The van der Waals surface area contributed by atoms with Crippen LogP contribution in [0.4, 0.5) is 0 Å². The minimum absolute atomic E-state index is 0.192. The molecule has 6 rings (SSSR count). The van der Waals surface area contributed by atoms with Crippen LogP contribution in [0, 0.1) is 0 Å². The third-order valence-electron chi connectivity index (χ3n) is 7.59. The molecule has 41 heavy (non-hydrogen) atoms. The summed E-state index contributed by atoms with van der Waals surface area (Å²) in [7, 11) is 1.60. The summed E-state index contributed by atoms with van der Waals surface area (Å²) < 4.78 is 13.1. The highest BCUT2D eigenvalue weighted by Crippen LogP contribution is 2.43. The van der Waals surface area contributed by atoms with Crippen molar-refractivity contribution >= 4 is 35.0 Å². The van der Waals surface area contributed by atoms with Crippen molar-refractivity contribution in [3.63, 3.8) is 0 Å². The van der Waals surface area contributed by atoms with Gasteiger partial charge in [-0.25, -0.2) is 4.68 Å². The Kier molecular flexibility index (Phi) is 6.76. The molecule has 2 amide bonds. The van der Waals surface area contributed by atoms with Crippen LogP contribution in [0.3, 0.4) is 0 Å². The fourth-order valence-corrected chi connectivity index (χ4v) is 6.02. The van der Waals surface area contributed by atoms with Crippen molar-refractivity contribution in [2.75, 3.05) is 20.4 Å². The van der Waals surface area contributed by atoms with Crippen LogP contribution in [0.1, 0.15) is 45.8 Å². The van der Waals surface area contributed by atoms with E-state index in [0.717, 1.165) is 22.4 Å². The SMILES string of the molecule is COc1cc2c(cc1-c1cncc(C(N)=O)c1)-c1c(c(C(=O)N3COCC3(C)C)nn1-c1cc(Cl)cc(Cl)c1)CC2. The number of rotatable bonds is 5. The molecule has 4 aromatic rings. The van der Waals surface area contributed by atoms with Crippen molar-refractivity contribution in [3.05, 3.63) is 81.2 Å². The number of aryl methyl sites for hydroxylation is 1. The van der Waals surface area contributed by atoms with E-state index in [1.54, 1.807) is 47.2 Å². The highest BCUT2D eigenvalue weighted by atomic mass is 35.5. The summed E-state index contributed by atoms with van der Waals surface area (Å²) in [4.78, 5) is 31.8. The summed E-state index contributed by atoms with van der Waals surface area (Å²) >= 11 is 12.8. The Hall–Kier alpha value is -3.92. The molecule has 2 N–H and O–H groups in total. The van der Waals surface area contributed by atoms with Crippen molar-refractivity contribution < 1.29 is 19.1 Å². The van der Waals surface area contributed by atoms with Gasteiger partial charge in [0.15, 0.2) is 5.69 Å². The van der Waals surface area contributed by atoms with Gasteiger partial charge in [-0.1, -0.05) is 23.2 Å². The molecule has 0 saturated carbocycles. The van der Waals surface area contributed by atoms with Crippen LogP contribution in [0.5, 0.6) is 5.75 Å². The van der Waals surface area contributed by atoms with Crippen LogP contribution < -0.4 is 10.5 Å². The maximum absolute atomic E-state index is 14.0. The maximum Gasteiger partial charge on any atom is 0.277 e. The van der Waals surface area contributed by atoms with Gasteiger partial charge < -0.3 is 20.1 Å². The van der Waals surface area contributed by atoms with Crippen LogP contribution in [0.15, 0.2) is 48.8 Å². The summed E-state index contributed by atoms with van der Waals surface area (Å²) in [6, 6.07) is 10.8. The first-order chi connectivity index (χ1) is 19.6. The van der Waals surface area contributed by atoms with Gasteiger partial charge in [0, 0.05) is 44.7 Å². The van der Waals surface area contributed by atoms with Crippen molar-refractivity contribution in [3.8, 4) is 33.8 Å². The van der Waals surface area contributed by atoms with Crippen LogP contribution in [0.25, 0.3) is 28.1 Å². The molecule has 2 aromatic carbocycles. The minimum atomic E-state index is -0.577. The first kappa shape index (κ1) is 27.3. The van der Waals surface area contributed by atoms with Gasteiger partial charge in [0.25, 0.3) is 5.91 Å². The first-order valence-electron chi connectivity index (χ1n) is 13.0. The Balaban J connectivity index is 1.60. The fraction of sp³-hybridized carbons (Fsp3) is 0.267. The Bertz CT molecular complexity index is 1710. The molecule has 1 saturated heterocycles. The van der Waals surface area contributed by atoms with Gasteiger partial charge >= 0.3 is 0 Å². The van der Waals surface area contributed by atoms with Crippen LogP contribution in [0.2, 0.25) is 10.0 Å². The van der Waals surface area contributed by atoms with Crippen LogP contribution >= 0.6 is 23.2 Å². The molecule has 0 radical (unpaired) electrons. The molecule has 210 valence electrons. The van der Waals surface area contributed by atoms with E-state index < -0.39 is 11.4 Å². The number of ether oxygens (including phenoxy) is 2. The second-order valence-electron chi connectivity index (χ2n) is 10.8. The Morgan fingerprint density at radius 3 is 2.44 bits per heavy atom. The molecule has 3 heterocycles. The summed E-state index contributed by atoms with van der Waals surface area (Å²) in [6.07, 6.45) is 4.34. The van der Waals surface area contributed by atoms with E-state index in [1.807, 2.05) is 26.0 Å². The number of amides is 2. The summed E-state index contributed by atoms with van der Waals surface area (Å²) in [5.41, 5.74) is 11.2. The lowest BCUT2D eigenvalue weighted by Crippen LogP contribution is -2.44. The highest BCUT2D eigenvalue weighted by Gasteiger charge is 2.40. The van der Waals surface area contributed by atoms with Crippen molar-refractivity contribution in [1.82, 2.24) is 19.7 Å². The molecule has 1 aliphatic carbocycles. The number of fused-ring (bicyclic) bond motifs is 3.